The SMILES string of the molecule is O=C(NCCc1ccccn1)c1ccc(F)cc1F. The maximum absolute atomic E-state index is 13.3. The van der Waals surface area contributed by atoms with E-state index in [-0.39, 0.29) is 5.56 Å². The van der Waals surface area contributed by atoms with Gasteiger partial charge in [0.05, 0.1) is 5.56 Å². The topological polar surface area (TPSA) is 42.0 Å². The van der Waals surface area contributed by atoms with Gasteiger partial charge in [-0.1, -0.05) is 6.07 Å². The third-order valence-corrected chi connectivity index (χ3v) is 2.57. The lowest BCUT2D eigenvalue weighted by molar-refractivity contribution is 0.0950. The van der Waals surface area contributed by atoms with Crippen LogP contribution in [0, 0.1) is 11.6 Å². The summed E-state index contributed by atoms with van der Waals surface area (Å²) in [5, 5.41) is 2.57. The molecular formula is C14H12F2N2O. The third-order valence-electron chi connectivity index (χ3n) is 2.57. The molecule has 1 N–H and O–H groups in total. The number of nitrogens with zero attached hydrogens (tertiary/aromatic N) is 1. The number of carbonyl (C=O) groups excluding carboxylic acids is 1. The van der Waals surface area contributed by atoms with E-state index in [0.717, 1.165) is 17.8 Å². The van der Waals surface area contributed by atoms with Crippen molar-refractivity contribution in [1.82, 2.24) is 10.3 Å². The number of pyridine rings is 1. The molecule has 0 radical (unpaired) electrons. The number of amides is 1. The van der Waals surface area contributed by atoms with Gasteiger partial charge >= 0.3 is 0 Å². The fourth-order valence-electron chi connectivity index (χ4n) is 1.62. The number of halogens is 2. The van der Waals surface area contributed by atoms with E-state index in [4.69, 9.17) is 0 Å². The van der Waals surface area contributed by atoms with Gasteiger partial charge in [-0.25, -0.2) is 8.78 Å². The summed E-state index contributed by atoms with van der Waals surface area (Å²) in [6, 6.07) is 8.36. The predicted molar refractivity (Wildman–Crippen MR) is 66.6 cm³/mol. The van der Waals surface area contributed by atoms with E-state index in [1.54, 1.807) is 12.3 Å². The van der Waals surface area contributed by atoms with Crippen molar-refractivity contribution >= 4 is 5.91 Å². The van der Waals surface area contributed by atoms with Gasteiger partial charge in [0.1, 0.15) is 11.6 Å². The molecule has 2 aromatic rings. The highest BCUT2D eigenvalue weighted by atomic mass is 19.1. The average molecular weight is 262 g/mol. The summed E-state index contributed by atoms with van der Waals surface area (Å²) in [6.07, 6.45) is 2.21. The molecule has 5 heteroatoms. The van der Waals surface area contributed by atoms with Crippen LogP contribution in [0.25, 0.3) is 0 Å². The van der Waals surface area contributed by atoms with E-state index in [0.29, 0.717) is 19.0 Å². The summed E-state index contributed by atoms with van der Waals surface area (Å²) >= 11 is 0. The molecule has 2 rings (SSSR count). The smallest absolute Gasteiger partial charge is 0.254 e. The highest BCUT2D eigenvalue weighted by molar-refractivity contribution is 5.94. The van der Waals surface area contributed by atoms with E-state index in [1.165, 1.54) is 0 Å². The van der Waals surface area contributed by atoms with E-state index < -0.39 is 17.5 Å². The van der Waals surface area contributed by atoms with Gasteiger partial charge in [0.15, 0.2) is 0 Å². The highest BCUT2D eigenvalue weighted by Gasteiger charge is 2.11. The van der Waals surface area contributed by atoms with Crippen LogP contribution < -0.4 is 5.32 Å². The zero-order valence-corrected chi connectivity index (χ0v) is 10.1. The van der Waals surface area contributed by atoms with Crippen LogP contribution in [0.5, 0.6) is 0 Å². The van der Waals surface area contributed by atoms with Crippen LogP contribution in [0.4, 0.5) is 8.78 Å². The Hall–Kier alpha value is -2.30. The van der Waals surface area contributed by atoms with Crippen molar-refractivity contribution in [2.24, 2.45) is 0 Å². The Balaban J connectivity index is 1.91. The normalized spacial score (nSPS) is 10.2. The van der Waals surface area contributed by atoms with Gasteiger partial charge in [-0.3, -0.25) is 9.78 Å². The minimum atomic E-state index is -0.865. The highest BCUT2D eigenvalue weighted by Crippen LogP contribution is 2.09. The Morgan fingerprint density at radius 3 is 2.74 bits per heavy atom. The molecule has 0 fully saturated rings. The summed E-state index contributed by atoms with van der Waals surface area (Å²) in [5.41, 5.74) is 0.671. The molecule has 0 unspecified atom stereocenters. The van der Waals surface area contributed by atoms with Crippen LogP contribution >= 0.6 is 0 Å². The van der Waals surface area contributed by atoms with Crippen LogP contribution in [0.3, 0.4) is 0 Å². The van der Waals surface area contributed by atoms with Crippen LogP contribution in [-0.4, -0.2) is 17.4 Å². The van der Waals surface area contributed by atoms with Gasteiger partial charge in [-0.15, -0.1) is 0 Å². The molecule has 1 aromatic heterocycles. The Kier molecular flexibility index (Phi) is 4.18. The first-order chi connectivity index (χ1) is 9.16. The van der Waals surface area contributed by atoms with Crippen LogP contribution in [0.2, 0.25) is 0 Å². The van der Waals surface area contributed by atoms with Gasteiger partial charge in [0.25, 0.3) is 5.91 Å². The maximum atomic E-state index is 13.3. The lowest BCUT2D eigenvalue weighted by atomic mass is 10.2. The zero-order valence-electron chi connectivity index (χ0n) is 10.1. The fraction of sp³-hybridized carbons (Fsp3) is 0.143. The molecule has 19 heavy (non-hydrogen) atoms. The molecule has 1 aromatic carbocycles. The quantitative estimate of drug-likeness (QED) is 0.918. The second kappa shape index (κ2) is 6.04. The zero-order chi connectivity index (χ0) is 13.7. The molecule has 0 saturated carbocycles. The van der Waals surface area contributed by atoms with E-state index >= 15 is 0 Å². The number of nitrogens with one attached hydrogen (secondary N) is 1. The summed E-state index contributed by atoms with van der Waals surface area (Å²) in [4.78, 5) is 15.8. The summed E-state index contributed by atoms with van der Waals surface area (Å²) < 4.78 is 26.0. The first kappa shape index (κ1) is 13.1. The van der Waals surface area contributed by atoms with Crippen molar-refractivity contribution in [3.63, 3.8) is 0 Å². The number of carbonyl (C=O) groups is 1. The molecule has 3 nitrogen and oxygen atoms in total. The molecule has 0 spiro atoms. The van der Waals surface area contributed by atoms with Crippen LogP contribution in [0.1, 0.15) is 16.1 Å². The molecule has 0 saturated heterocycles. The van der Waals surface area contributed by atoms with Crippen molar-refractivity contribution in [2.45, 2.75) is 6.42 Å². The monoisotopic (exact) mass is 262 g/mol. The molecule has 0 atom stereocenters. The van der Waals surface area contributed by atoms with E-state index in [2.05, 4.69) is 10.3 Å². The second-order valence-corrected chi connectivity index (χ2v) is 3.95. The molecule has 1 heterocycles. The van der Waals surface area contributed by atoms with Gasteiger partial charge in [0.2, 0.25) is 0 Å². The standard InChI is InChI=1S/C14H12F2N2O/c15-10-4-5-12(13(16)9-10)14(19)18-8-6-11-3-1-2-7-17-11/h1-5,7,9H,6,8H2,(H,18,19). The predicted octanol–water partition coefficient (Wildman–Crippen LogP) is 2.33. The molecule has 0 aliphatic carbocycles. The summed E-state index contributed by atoms with van der Waals surface area (Å²) in [5.74, 6) is -2.13. The largest absolute Gasteiger partial charge is 0.352 e. The lowest BCUT2D eigenvalue weighted by Crippen LogP contribution is -2.26. The van der Waals surface area contributed by atoms with Gasteiger partial charge in [-0.05, 0) is 24.3 Å². The van der Waals surface area contributed by atoms with E-state index in [1.807, 2.05) is 12.1 Å². The Morgan fingerprint density at radius 2 is 2.05 bits per heavy atom. The first-order valence-corrected chi connectivity index (χ1v) is 5.80. The minimum absolute atomic E-state index is 0.164. The van der Waals surface area contributed by atoms with Crippen LogP contribution in [0.15, 0.2) is 42.6 Å². The minimum Gasteiger partial charge on any atom is -0.352 e. The Labute approximate surface area is 109 Å². The number of hydrogen-bond donors (Lipinski definition) is 1. The third kappa shape index (κ3) is 3.58. The van der Waals surface area contributed by atoms with Crippen LogP contribution in [-0.2, 0) is 6.42 Å². The van der Waals surface area contributed by atoms with Gasteiger partial charge in [-0.2, -0.15) is 0 Å². The molecular weight excluding hydrogens is 250 g/mol. The number of aromatic nitrogens is 1. The van der Waals surface area contributed by atoms with Crippen molar-refractivity contribution in [1.29, 1.82) is 0 Å². The van der Waals surface area contributed by atoms with Crippen molar-refractivity contribution in [3.8, 4) is 0 Å². The van der Waals surface area contributed by atoms with Crippen molar-refractivity contribution < 1.29 is 13.6 Å². The molecule has 98 valence electrons. The summed E-state index contributed by atoms with van der Waals surface area (Å²) in [7, 11) is 0. The lowest BCUT2D eigenvalue weighted by Gasteiger charge is -2.06. The number of hydrogen-bond acceptors (Lipinski definition) is 2. The second-order valence-electron chi connectivity index (χ2n) is 3.95. The van der Waals surface area contributed by atoms with Gasteiger partial charge in [0, 0.05) is 30.9 Å². The first-order valence-electron chi connectivity index (χ1n) is 5.80. The molecule has 1 amide bonds. The fourth-order valence-corrected chi connectivity index (χ4v) is 1.62. The average Bonchev–Trinajstić information content (AvgIpc) is 2.39. The number of benzene rings is 1. The number of rotatable bonds is 4. The van der Waals surface area contributed by atoms with E-state index in [9.17, 15) is 13.6 Å². The molecule has 0 bridgehead atoms. The van der Waals surface area contributed by atoms with Crippen molar-refractivity contribution in [3.05, 3.63) is 65.5 Å². The Bertz CT molecular complexity index is 573. The summed E-state index contributed by atoms with van der Waals surface area (Å²) in [6.45, 7) is 0.340. The molecule has 0 aliphatic heterocycles. The Morgan fingerprint density at radius 1 is 1.21 bits per heavy atom. The maximum Gasteiger partial charge on any atom is 0.254 e. The van der Waals surface area contributed by atoms with Crippen molar-refractivity contribution in [2.75, 3.05) is 6.54 Å². The molecule has 0 aliphatic rings. The van der Waals surface area contributed by atoms with Gasteiger partial charge < -0.3 is 5.32 Å².